The maximum absolute atomic E-state index is 0. The summed E-state index contributed by atoms with van der Waals surface area (Å²) < 4.78 is 0. The topological polar surface area (TPSA) is 0 Å². The predicted molar refractivity (Wildman–Crippen MR) is 34.4 cm³/mol. The second kappa shape index (κ2) is 24.3. The van der Waals surface area contributed by atoms with Gasteiger partial charge in [0, 0.05) is 17.1 Å². The minimum Gasteiger partial charge on any atom is 2.00 e. The van der Waals surface area contributed by atoms with Gasteiger partial charge < -0.3 is 5.71 Å². The SMILES string of the molecule is [AlH3].[H-].[H-].[H-].[H-].[Mg+2].[Mn].[SnH2].[Sr+2]. The molecule has 3 radical (unpaired) electrons. The van der Waals surface area contributed by atoms with Crippen molar-refractivity contribution in [2.45, 2.75) is 0 Å². The van der Waals surface area contributed by atoms with Crippen molar-refractivity contribution in [2.75, 3.05) is 0 Å². The Morgan fingerprint density at radius 3 is 1.20 bits per heavy atom. The Labute approximate surface area is 130 Å². The first kappa shape index (κ1) is 35.5. The van der Waals surface area contributed by atoms with E-state index in [1.54, 1.807) is 0 Å². The van der Waals surface area contributed by atoms with Crippen LogP contribution in [0.4, 0.5) is 0 Å². The van der Waals surface area contributed by atoms with E-state index in [9.17, 15) is 0 Å². The van der Waals surface area contributed by atoms with Gasteiger partial charge in [-0.1, -0.05) is 0 Å². The van der Waals surface area contributed by atoms with Crippen molar-refractivity contribution in [3.63, 3.8) is 0 Å². The number of hydrogen-bond acceptors (Lipinski definition) is 0. The van der Waals surface area contributed by atoms with Gasteiger partial charge in [0.15, 0.2) is 17.4 Å². The van der Waals surface area contributed by atoms with Crippen LogP contribution in [0.5, 0.6) is 0 Å². The van der Waals surface area contributed by atoms with E-state index in [1.165, 1.54) is 0 Å². The van der Waals surface area contributed by atoms with E-state index >= 15 is 0 Å². The summed E-state index contributed by atoms with van der Waals surface area (Å²) in [5.74, 6) is 0. The summed E-state index contributed by atoms with van der Waals surface area (Å²) in [6.45, 7) is 0. The van der Waals surface area contributed by atoms with Crippen LogP contribution in [0.15, 0.2) is 0 Å². The third-order valence-corrected chi connectivity index (χ3v) is 0. The Morgan fingerprint density at radius 2 is 1.20 bits per heavy atom. The summed E-state index contributed by atoms with van der Waals surface area (Å²) in [5, 5.41) is 0. The van der Waals surface area contributed by atoms with Crippen LogP contribution < -0.4 is 0 Å². The van der Waals surface area contributed by atoms with Gasteiger partial charge in [0.2, 0.25) is 0 Å². The molecule has 0 saturated carbocycles. The van der Waals surface area contributed by atoms with Gasteiger partial charge in [0.25, 0.3) is 0 Å². The molecule has 5 heavy (non-hydrogen) atoms. The first-order valence-electron chi connectivity index (χ1n) is 0. The molecule has 0 fully saturated rings. The molecule has 0 aliphatic heterocycles. The van der Waals surface area contributed by atoms with Crippen LogP contribution in [0.1, 0.15) is 5.71 Å². The maximum atomic E-state index is 0. The molecular formula is H9AlMgMnSnSr. The number of hydrogen-bond donors (Lipinski definition) is 0. The fraction of sp³-hybridized carbons (Fsp3) is 0. The molecule has 0 aromatic carbocycles. The molecule has 0 aliphatic rings. The molecule has 0 nitrogen and oxygen atoms in total. The minimum atomic E-state index is 0. The van der Waals surface area contributed by atoms with Crippen molar-refractivity contribution in [1.82, 2.24) is 0 Å². The predicted octanol–water partition coefficient (Wildman–Crippen LogP) is -2.41. The number of rotatable bonds is 0. The van der Waals surface area contributed by atoms with Crippen LogP contribution in [-0.2, 0) is 17.1 Å². The van der Waals surface area contributed by atoms with Crippen LogP contribution in [0.2, 0.25) is 0 Å². The van der Waals surface area contributed by atoms with E-state index in [0.29, 0.717) is 0 Å². The molecule has 0 heterocycles. The smallest absolute Gasteiger partial charge is 2.00 e. The van der Waals surface area contributed by atoms with E-state index in [4.69, 9.17) is 0 Å². The Kier molecular flexibility index (Phi) is 173. The van der Waals surface area contributed by atoms with Gasteiger partial charge in [-0.05, 0) is 0 Å². The Balaban J connectivity index is 0. The van der Waals surface area contributed by atoms with Crippen LogP contribution in [0, 0.1) is 0 Å². The minimum absolute atomic E-state index is 0. The van der Waals surface area contributed by atoms with E-state index < -0.39 is 0 Å². The Morgan fingerprint density at radius 1 is 1.20 bits per heavy atom. The zero-order valence-electron chi connectivity index (χ0n) is 6.50. The van der Waals surface area contributed by atoms with Crippen molar-refractivity contribution in [2.24, 2.45) is 0 Å². The molecule has 0 aromatic heterocycles. The second-order valence-electron chi connectivity index (χ2n) is 0. The summed E-state index contributed by atoms with van der Waals surface area (Å²) in [7, 11) is 0. The van der Waals surface area contributed by atoms with E-state index in [0.717, 1.165) is 0 Å². The monoisotopic (exact) mass is 323 g/mol. The molecule has 0 bridgehead atoms. The van der Waals surface area contributed by atoms with Crippen molar-refractivity contribution < 1.29 is 22.8 Å². The summed E-state index contributed by atoms with van der Waals surface area (Å²) in [5.41, 5.74) is 0. The molecule has 0 unspecified atom stereocenters. The standard InChI is InChI=1S/Al.Mg.Mn.Sn.Sr.9H/q;+2;;;+2;;;;;;4*-1. The molecule has 0 saturated heterocycles. The summed E-state index contributed by atoms with van der Waals surface area (Å²) >= 11 is 0. The van der Waals surface area contributed by atoms with Crippen LogP contribution in [0.25, 0.3) is 0 Å². The first-order valence-corrected chi connectivity index (χ1v) is 0. The molecule has 0 atom stereocenters. The van der Waals surface area contributed by atoms with Gasteiger partial charge in [-0.3, -0.25) is 0 Å². The maximum Gasteiger partial charge on any atom is 2.00 e. The molecule has 0 N–H and O–H groups in total. The van der Waals surface area contributed by atoms with Crippen molar-refractivity contribution in [3.05, 3.63) is 0 Å². The first-order chi connectivity index (χ1) is 0. The average molecular weight is 322 g/mol. The molecule has 0 spiro atoms. The second-order valence-corrected chi connectivity index (χ2v) is 0. The third kappa shape index (κ3) is 17.9. The van der Waals surface area contributed by atoms with Crippen LogP contribution >= 0.6 is 0 Å². The average Bonchev–Trinajstić information content (AvgIpc) is 0. The molecule has 0 aliphatic carbocycles. The fourth-order valence-electron chi connectivity index (χ4n) is 0. The van der Waals surface area contributed by atoms with Crippen LogP contribution in [0.3, 0.4) is 0 Å². The molecule has 0 aromatic rings. The third-order valence-electron chi connectivity index (χ3n) is 0. The zero-order chi connectivity index (χ0) is 0. The van der Waals surface area contributed by atoms with Gasteiger partial charge in [-0.25, -0.2) is 0 Å². The summed E-state index contributed by atoms with van der Waals surface area (Å²) in [6.07, 6.45) is 0. The van der Waals surface area contributed by atoms with Gasteiger partial charge in [-0.15, -0.1) is 0 Å². The van der Waals surface area contributed by atoms with Crippen molar-refractivity contribution in [3.8, 4) is 0 Å². The van der Waals surface area contributed by atoms with Gasteiger partial charge in [-0.2, -0.15) is 0 Å². The zero-order valence-corrected chi connectivity index (χ0v) is 12.6. The summed E-state index contributed by atoms with van der Waals surface area (Å²) in [4.78, 5) is 0. The molecule has 27 valence electrons. The van der Waals surface area contributed by atoms with Crippen molar-refractivity contribution in [1.29, 1.82) is 0 Å². The normalized spacial score (nSPS) is 0. The van der Waals surface area contributed by atoms with Crippen molar-refractivity contribution >= 4 is 110 Å². The van der Waals surface area contributed by atoms with E-state index in [2.05, 4.69) is 0 Å². The molecule has 0 rings (SSSR count). The summed E-state index contributed by atoms with van der Waals surface area (Å²) in [6, 6.07) is 0. The van der Waals surface area contributed by atoms with Gasteiger partial charge >= 0.3 is 92.4 Å². The molecule has 0 amide bonds. The van der Waals surface area contributed by atoms with Gasteiger partial charge in [0.1, 0.15) is 0 Å². The molecule has 5 heteroatoms. The Bertz CT molecular complexity index is 20.5. The van der Waals surface area contributed by atoms with E-state index in [-0.39, 0.29) is 133 Å². The van der Waals surface area contributed by atoms with Crippen LogP contribution in [-0.4, -0.2) is 110 Å². The Hall–Kier alpha value is 4.10. The fourth-order valence-corrected chi connectivity index (χ4v) is 0. The van der Waals surface area contributed by atoms with Gasteiger partial charge in [0.05, 0.1) is 0 Å². The largest absolute Gasteiger partial charge is 2.00 e. The quantitative estimate of drug-likeness (QED) is 0.436. The molecular weight excluding hydrogens is 313 g/mol. The van der Waals surface area contributed by atoms with E-state index in [1.807, 2.05) is 0 Å².